The Morgan fingerprint density at radius 3 is 2.50 bits per heavy atom. The van der Waals surface area contributed by atoms with Crippen LogP contribution in [0.2, 0.25) is 5.02 Å². The average molecular weight is 510 g/mol. The molecular formula is C19H19ClF3N3O4S2. The number of hydrogen-bond donors (Lipinski definition) is 1. The number of pyridine rings is 1. The molecule has 0 radical (unpaired) electrons. The third-order valence-corrected chi connectivity index (χ3v) is 6.56. The molecule has 2 aromatic heterocycles. The van der Waals surface area contributed by atoms with E-state index in [1.54, 1.807) is 27.9 Å². The minimum atomic E-state index is -4.58. The molecule has 0 atom stereocenters. The minimum Gasteiger partial charge on any atom is -0.462 e. The fourth-order valence-electron chi connectivity index (χ4n) is 2.44. The van der Waals surface area contributed by atoms with Crippen molar-refractivity contribution in [2.24, 2.45) is 0 Å². The topological polar surface area (TPSA) is 88.6 Å². The molecule has 1 N–H and O–H groups in total. The number of thiophene rings is 1. The van der Waals surface area contributed by atoms with E-state index >= 15 is 0 Å². The van der Waals surface area contributed by atoms with Crippen LogP contribution in [-0.4, -0.2) is 54.1 Å². The van der Waals surface area contributed by atoms with Crippen LogP contribution >= 0.6 is 34.7 Å². The van der Waals surface area contributed by atoms with E-state index in [2.05, 4.69) is 10.3 Å². The molecule has 2 rings (SSSR count). The zero-order chi connectivity index (χ0) is 24.2. The van der Waals surface area contributed by atoms with Gasteiger partial charge in [0, 0.05) is 20.3 Å². The van der Waals surface area contributed by atoms with Gasteiger partial charge in [-0.05, 0) is 25.5 Å². The van der Waals surface area contributed by atoms with Gasteiger partial charge in [-0.1, -0.05) is 23.4 Å². The molecule has 0 bridgehead atoms. The maximum atomic E-state index is 12.7. The monoisotopic (exact) mass is 509 g/mol. The summed E-state index contributed by atoms with van der Waals surface area (Å²) >= 11 is 7.62. The quantitative estimate of drug-likeness (QED) is 0.428. The zero-order valence-electron chi connectivity index (χ0n) is 17.4. The number of aromatic nitrogens is 1. The van der Waals surface area contributed by atoms with E-state index in [9.17, 15) is 27.6 Å². The molecule has 7 nitrogen and oxygen atoms in total. The van der Waals surface area contributed by atoms with Gasteiger partial charge >= 0.3 is 12.1 Å². The predicted molar refractivity (Wildman–Crippen MR) is 117 cm³/mol. The smallest absolute Gasteiger partial charge is 0.417 e. The Balaban J connectivity index is 2.21. The number of esters is 1. The molecule has 2 amide bonds. The highest BCUT2D eigenvalue weighted by molar-refractivity contribution is 8.00. The van der Waals surface area contributed by atoms with Crippen molar-refractivity contribution in [2.75, 3.05) is 31.8 Å². The van der Waals surface area contributed by atoms with Crippen molar-refractivity contribution < 1.29 is 32.3 Å². The number of hydrogen-bond acceptors (Lipinski definition) is 7. The first-order valence-electron chi connectivity index (χ1n) is 9.04. The highest BCUT2D eigenvalue weighted by Crippen LogP contribution is 2.36. The van der Waals surface area contributed by atoms with Gasteiger partial charge < -0.3 is 15.0 Å². The number of amides is 2. The Morgan fingerprint density at radius 2 is 1.97 bits per heavy atom. The number of thioether (sulfide) groups is 1. The van der Waals surface area contributed by atoms with Crippen molar-refractivity contribution in [3.8, 4) is 0 Å². The van der Waals surface area contributed by atoms with Gasteiger partial charge in [-0.3, -0.25) is 9.59 Å². The molecule has 0 saturated heterocycles. The van der Waals surface area contributed by atoms with Crippen LogP contribution < -0.4 is 5.32 Å². The van der Waals surface area contributed by atoms with Crippen molar-refractivity contribution in [1.29, 1.82) is 0 Å². The molecule has 0 aliphatic carbocycles. The van der Waals surface area contributed by atoms with Crippen LogP contribution in [0, 0.1) is 6.92 Å². The molecule has 2 aromatic rings. The van der Waals surface area contributed by atoms with Crippen molar-refractivity contribution in [1.82, 2.24) is 9.88 Å². The van der Waals surface area contributed by atoms with Crippen LogP contribution in [0.25, 0.3) is 0 Å². The van der Waals surface area contributed by atoms with Crippen LogP contribution in [0.15, 0.2) is 17.3 Å². The lowest BCUT2D eigenvalue weighted by atomic mass is 10.1. The Hall–Kier alpha value is -2.31. The number of carbonyl (C=O) groups is 3. The first-order valence-corrected chi connectivity index (χ1v) is 11.2. The van der Waals surface area contributed by atoms with Crippen LogP contribution in [0.3, 0.4) is 0 Å². The molecule has 0 spiro atoms. The number of nitrogens with zero attached hydrogens (tertiary/aromatic N) is 2. The summed E-state index contributed by atoms with van der Waals surface area (Å²) in [5, 5.41) is 2.52. The SMILES string of the molecule is CCOC(=O)c1c(NC(=O)CSc2ncc(C(F)(F)F)cc2Cl)sc(C(=O)N(C)C)c1C. The van der Waals surface area contributed by atoms with Gasteiger partial charge in [-0.25, -0.2) is 9.78 Å². The lowest BCUT2D eigenvalue weighted by molar-refractivity contribution is -0.137. The van der Waals surface area contributed by atoms with Crippen LogP contribution in [0.5, 0.6) is 0 Å². The van der Waals surface area contributed by atoms with Crippen molar-refractivity contribution in [3.05, 3.63) is 38.9 Å². The highest BCUT2D eigenvalue weighted by atomic mass is 35.5. The number of nitrogens with one attached hydrogen (secondary N) is 1. The first-order chi connectivity index (χ1) is 14.9. The van der Waals surface area contributed by atoms with Crippen LogP contribution in [0.1, 0.15) is 38.1 Å². The highest BCUT2D eigenvalue weighted by Gasteiger charge is 2.32. The summed E-state index contributed by atoms with van der Waals surface area (Å²) < 4.78 is 43.2. The van der Waals surface area contributed by atoms with Gasteiger partial charge in [-0.2, -0.15) is 13.2 Å². The number of halogens is 4. The second kappa shape index (κ2) is 10.5. The lowest BCUT2D eigenvalue weighted by Crippen LogP contribution is -2.21. The van der Waals surface area contributed by atoms with Gasteiger partial charge in [0.2, 0.25) is 5.91 Å². The van der Waals surface area contributed by atoms with Gasteiger partial charge in [0.1, 0.15) is 10.0 Å². The Morgan fingerprint density at radius 1 is 1.31 bits per heavy atom. The number of alkyl halides is 3. The first kappa shape index (κ1) is 25.9. The van der Waals surface area contributed by atoms with Crippen molar-refractivity contribution in [2.45, 2.75) is 25.0 Å². The van der Waals surface area contributed by atoms with E-state index in [1.165, 1.54) is 4.90 Å². The van der Waals surface area contributed by atoms with Gasteiger partial charge in [0.15, 0.2) is 0 Å². The molecule has 0 saturated carbocycles. The molecular weight excluding hydrogens is 491 g/mol. The fourth-order valence-corrected chi connectivity index (χ4v) is 4.67. The largest absolute Gasteiger partial charge is 0.462 e. The summed E-state index contributed by atoms with van der Waals surface area (Å²) in [4.78, 5) is 42.5. The van der Waals surface area contributed by atoms with Gasteiger partial charge in [-0.15, -0.1) is 11.3 Å². The van der Waals surface area contributed by atoms with E-state index < -0.39 is 23.6 Å². The minimum absolute atomic E-state index is 0.0475. The lowest BCUT2D eigenvalue weighted by Gasteiger charge is -2.09. The number of carbonyl (C=O) groups excluding carboxylic acids is 3. The predicted octanol–water partition coefficient (Wildman–Crippen LogP) is 4.73. The van der Waals surface area contributed by atoms with E-state index in [-0.39, 0.29) is 43.8 Å². The molecule has 0 aromatic carbocycles. The average Bonchev–Trinajstić information content (AvgIpc) is 3.01. The van der Waals surface area contributed by atoms with Crippen molar-refractivity contribution >= 4 is 57.5 Å². The van der Waals surface area contributed by atoms with Crippen molar-refractivity contribution in [3.63, 3.8) is 0 Å². The fraction of sp³-hybridized carbons (Fsp3) is 0.368. The number of ether oxygens (including phenoxy) is 1. The molecule has 13 heteroatoms. The maximum Gasteiger partial charge on any atom is 0.417 e. The molecule has 0 unspecified atom stereocenters. The normalized spacial score (nSPS) is 11.2. The van der Waals surface area contributed by atoms with E-state index in [1.807, 2.05) is 0 Å². The summed E-state index contributed by atoms with van der Waals surface area (Å²) in [5.74, 6) is -1.83. The Kier molecular flexibility index (Phi) is 8.54. The third-order valence-electron chi connectivity index (χ3n) is 3.95. The van der Waals surface area contributed by atoms with E-state index in [0.29, 0.717) is 11.8 Å². The van der Waals surface area contributed by atoms with E-state index in [0.717, 1.165) is 29.2 Å². The standard InChI is InChI=1S/C19H19ClF3N3O4S2/c1-5-30-18(29)13-9(2)14(17(28)26(3)4)32-16(13)25-12(27)8-31-15-11(20)6-10(7-24-15)19(21,22)23/h6-7H,5,8H2,1-4H3,(H,25,27). The summed E-state index contributed by atoms with van der Waals surface area (Å²) in [6.07, 6.45) is -3.95. The molecule has 32 heavy (non-hydrogen) atoms. The molecule has 0 aliphatic rings. The van der Waals surface area contributed by atoms with Gasteiger partial charge in [0.05, 0.1) is 33.4 Å². The summed E-state index contributed by atoms with van der Waals surface area (Å²) in [6, 6.07) is 0.732. The van der Waals surface area contributed by atoms with Crippen LogP contribution in [-0.2, 0) is 15.7 Å². The summed E-state index contributed by atoms with van der Waals surface area (Å²) in [7, 11) is 3.11. The summed E-state index contributed by atoms with van der Waals surface area (Å²) in [6.45, 7) is 3.31. The second-order valence-corrected chi connectivity index (χ2v) is 8.92. The Bertz CT molecular complexity index is 1040. The molecule has 2 heterocycles. The van der Waals surface area contributed by atoms with Gasteiger partial charge in [0.25, 0.3) is 5.91 Å². The molecule has 174 valence electrons. The Labute approximate surface area is 195 Å². The maximum absolute atomic E-state index is 12.7. The van der Waals surface area contributed by atoms with E-state index in [4.69, 9.17) is 16.3 Å². The molecule has 0 aliphatic heterocycles. The number of anilines is 1. The molecule has 0 fully saturated rings. The summed E-state index contributed by atoms with van der Waals surface area (Å²) in [5.41, 5.74) is -0.545. The number of rotatable bonds is 7. The second-order valence-electron chi connectivity index (χ2n) is 6.53. The third kappa shape index (κ3) is 6.14. The van der Waals surface area contributed by atoms with Crippen LogP contribution in [0.4, 0.5) is 18.2 Å². The zero-order valence-corrected chi connectivity index (χ0v) is 19.8.